The van der Waals surface area contributed by atoms with Crippen molar-refractivity contribution in [3.05, 3.63) is 63.4 Å². The third-order valence-electron chi connectivity index (χ3n) is 3.42. The summed E-state index contributed by atoms with van der Waals surface area (Å²) in [6.45, 7) is 1.94. The van der Waals surface area contributed by atoms with Gasteiger partial charge in [0.1, 0.15) is 0 Å². The van der Waals surface area contributed by atoms with Gasteiger partial charge in [-0.25, -0.2) is 4.98 Å². The summed E-state index contributed by atoms with van der Waals surface area (Å²) in [6, 6.07) is 14.7. The van der Waals surface area contributed by atoms with E-state index in [4.69, 9.17) is 16.9 Å². The fourth-order valence-electron chi connectivity index (χ4n) is 2.36. The second-order valence-electron chi connectivity index (χ2n) is 4.93. The summed E-state index contributed by atoms with van der Waals surface area (Å²) in [5.41, 5.74) is 2.10. The normalized spacial score (nSPS) is 10.7. The maximum atomic E-state index is 13.0. The number of benzene rings is 2. The van der Waals surface area contributed by atoms with E-state index in [1.807, 2.05) is 31.2 Å². The predicted molar refractivity (Wildman–Crippen MR) is 93.4 cm³/mol. The zero-order valence-electron chi connectivity index (χ0n) is 12.3. The second-order valence-corrected chi connectivity index (χ2v) is 6.31. The lowest BCUT2D eigenvalue weighted by Gasteiger charge is -2.14. The van der Waals surface area contributed by atoms with Crippen LogP contribution in [0.15, 0.2) is 52.4 Å². The number of aryl methyl sites for hydroxylation is 1. The van der Waals surface area contributed by atoms with Gasteiger partial charge in [0.05, 0.1) is 28.4 Å². The van der Waals surface area contributed by atoms with Crippen molar-refractivity contribution in [1.29, 1.82) is 5.26 Å². The van der Waals surface area contributed by atoms with Crippen LogP contribution in [-0.4, -0.2) is 15.3 Å². The summed E-state index contributed by atoms with van der Waals surface area (Å²) >= 11 is 7.23. The van der Waals surface area contributed by atoms with E-state index in [1.54, 1.807) is 22.8 Å². The van der Waals surface area contributed by atoms with E-state index in [2.05, 4.69) is 11.1 Å². The van der Waals surface area contributed by atoms with Gasteiger partial charge in [-0.3, -0.25) is 9.36 Å². The van der Waals surface area contributed by atoms with Crippen LogP contribution in [0.25, 0.3) is 16.6 Å². The number of thioether (sulfide) groups is 1. The molecule has 0 atom stereocenters. The molecule has 23 heavy (non-hydrogen) atoms. The first-order valence-corrected chi connectivity index (χ1v) is 8.26. The minimum absolute atomic E-state index is 0.165. The topological polar surface area (TPSA) is 58.7 Å². The first-order valence-electron chi connectivity index (χ1n) is 6.90. The Kier molecular flexibility index (Phi) is 4.37. The largest absolute Gasteiger partial charge is 0.268 e. The molecule has 0 unspecified atom stereocenters. The van der Waals surface area contributed by atoms with Crippen molar-refractivity contribution in [3.63, 3.8) is 0 Å². The molecule has 0 spiro atoms. The molecule has 0 aliphatic rings. The fourth-order valence-corrected chi connectivity index (χ4v) is 3.19. The molecule has 0 aliphatic heterocycles. The number of para-hydroxylation sites is 1. The molecule has 0 fully saturated rings. The third-order valence-corrected chi connectivity index (χ3v) is 4.46. The van der Waals surface area contributed by atoms with E-state index in [0.29, 0.717) is 21.1 Å². The number of rotatable bonds is 3. The fraction of sp³-hybridized carbons (Fsp3) is 0.118. The Hall–Kier alpha value is -2.29. The molecule has 3 rings (SSSR count). The smallest absolute Gasteiger partial charge is 0.266 e. The Morgan fingerprint density at radius 3 is 2.83 bits per heavy atom. The molecule has 0 radical (unpaired) electrons. The molecule has 0 amide bonds. The van der Waals surface area contributed by atoms with Gasteiger partial charge in [0.2, 0.25) is 0 Å². The van der Waals surface area contributed by atoms with Crippen molar-refractivity contribution in [2.75, 3.05) is 5.75 Å². The van der Waals surface area contributed by atoms with Gasteiger partial charge < -0.3 is 0 Å². The molecule has 0 saturated heterocycles. The summed E-state index contributed by atoms with van der Waals surface area (Å²) in [5, 5.41) is 10.4. The van der Waals surface area contributed by atoms with E-state index < -0.39 is 0 Å². The molecule has 1 heterocycles. The number of nitriles is 1. The van der Waals surface area contributed by atoms with Crippen molar-refractivity contribution >= 4 is 34.3 Å². The van der Waals surface area contributed by atoms with Crippen LogP contribution in [0.4, 0.5) is 0 Å². The van der Waals surface area contributed by atoms with Gasteiger partial charge in [-0.2, -0.15) is 5.26 Å². The highest BCUT2D eigenvalue weighted by molar-refractivity contribution is 7.99. The minimum Gasteiger partial charge on any atom is -0.268 e. The Morgan fingerprint density at radius 1 is 1.30 bits per heavy atom. The maximum absolute atomic E-state index is 13.0. The summed E-state index contributed by atoms with van der Waals surface area (Å²) in [6.07, 6.45) is 0. The Labute approximate surface area is 142 Å². The summed E-state index contributed by atoms with van der Waals surface area (Å²) < 4.78 is 1.56. The van der Waals surface area contributed by atoms with Gasteiger partial charge >= 0.3 is 0 Å². The molecular formula is C17H12ClN3OS. The lowest BCUT2D eigenvalue weighted by Crippen LogP contribution is -2.22. The van der Waals surface area contributed by atoms with Crippen molar-refractivity contribution in [2.45, 2.75) is 12.1 Å². The van der Waals surface area contributed by atoms with Gasteiger partial charge in [0.25, 0.3) is 5.56 Å². The van der Waals surface area contributed by atoms with Gasteiger partial charge in [0, 0.05) is 5.02 Å². The highest BCUT2D eigenvalue weighted by Crippen LogP contribution is 2.24. The Morgan fingerprint density at radius 2 is 2.09 bits per heavy atom. The molecule has 0 bridgehead atoms. The van der Waals surface area contributed by atoms with E-state index in [1.165, 1.54) is 11.8 Å². The highest BCUT2D eigenvalue weighted by Gasteiger charge is 2.14. The summed E-state index contributed by atoms with van der Waals surface area (Å²) in [7, 11) is 0. The minimum atomic E-state index is -0.165. The summed E-state index contributed by atoms with van der Waals surface area (Å²) in [4.78, 5) is 17.5. The van der Waals surface area contributed by atoms with Gasteiger partial charge in [-0.05, 0) is 36.8 Å². The Bertz CT molecular complexity index is 991. The van der Waals surface area contributed by atoms with Crippen LogP contribution < -0.4 is 5.56 Å². The lowest BCUT2D eigenvalue weighted by atomic mass is 10.2. The van der Waals surface area contributed by atoms with E-state index in [0.717, 1.165) is 11.3 Å². The van der Waals surface area contributed by atoms with Crippen LogP contribution in [0.1, 0.15) is 5.56 Å². The van der Waals surface area contributed by atoms with Crippen molar-refractivity contribution in [1.82, 2.24) is 9.55 Å². The zero-order valence-corrected chi connectivity index (χ0v) is 13.9. The molecule has 114 valence electrons. The predicted octanol–water partition coefficient (Wildman–Crippen LogP) is 3.96. The Balaban J connectivity index is 2.36. The first kappa shape index (κ1) is 15.6. The van der Waals surface area contributed by atoms with E-state index in [-0.39, 0.29) is 11.3 Å². The molecule has 4 nitrogen and oxygen atoms in total. The number of fused-ring (bicyclic) bond motifs is 1. The van der Waals surface area contributed by atoms with Crippen LogP contribution in [-0.2, 0) is 0 Å². The number of hydrogen-bond donors (Lipinski definition) is 0. The average Bonchev–Trinajstić information content (AvgIpc) is 2.54. The molecule has 0 N–H and O–H groups in total. The van der Waals surface area contributed by atoms with Gasteiger partial charge in [0.15, 0.2) is 5.16 Å². The van der Waals surface area contributed by atoms with Crippen LogP contribution >= 0.6 is 23.4 Å². The quantitative estimate of drug-likeness (QED) is 0.534. The number of aromatic nitrogens is 2. The van der Waals surface area contributed by atoms with Crippen LogP contribution in [0.2, 0.25) is 5.02 Å². The SMILES string of the molecule is Cc1ccccc1-n1c(SCC#N)nc2cc(Cl)ccc2c1=O. The standard InChI is InChI=1S/C17H12ClN3OS/c1-11-4-2-3-5-15(11)21-16(22)13-7-6-12(18)10-14(13)20-17(21)23-9-8-19/h2-7,10H,9H2,1H3. The number of halogens is 1. The molecule has 2 aromatic carbocycles. The third kappa shape index (κ3) is 2.96. The van der Waals surface area contributed by atoms with E-state index >= 15 is 0 Å². The molecule has 1 aromatic heterocycles. The monoisotopic (exact) mass is 341 g/mol. The average molecular weight is 342 g/mol. The van der Waals surface area contributed by atoms with Crippen LogP contribution in [0, 0.1) is 18.3 Å². The zero-order chi connectivity index (χ0) is 16.4. The molecule has 6 heteroatoms. The molecular weight excluding hydrogens is 330 g/mol. The number of hydrogen-bond acceptors (Lipinski definition) is 4. The van der Waals surface area contributed by atoms with Crippen molar-refractivity contribution in [2.24, 2.45) is 0 Å². The van der Waals surface area contributed by atoms with E-state index in [9.17, 15) is 4.79 Å². The van der Waals surface area contributed by atoms with Gasteiger partial charge in [-0.1, -0.05) is 41.6 Å². The van der Waals surface area contributed by atoms with Crippen LogP contribution in [0.5, 0.6) is 0 Å². The molecule has 0 aliphatic carbocycles. The maximum Gasteiger partial charge on any atom is 0.266 e. The van der Waals surface area contributed by atoms with Crippen molar-refractivity contribution in [3.8, 4) is 11.8 Å². The van der Waals surface area contributed by atoms with Crippen LogP contribution in [0.3, 0.4) is 0 Å². The second kappa shape index (κ2) is 6.45. The highest BCUT2D eigenvalue weighted by atomic mass is 35.5. The molecule has 3 aromatic rings. The lowest BCUT2D eigenvalue weighted by molar-refractivity contribution is 0.815. The van der Waals surface area contributed by atoms with Gasteiger partial charge in [-0.15, -0.1) is 0 Å². The summed E-state index contributed by atoms with van der Waals surface area (Å²) in [5.74, 6) is 0.213. The van der Waals surface area contributed by atoms with Crippen molar-refractivity contribution < 1.29 is 0 Å². The molecule has 0 saturated carbocycles. The number of nitrogens with zero attached hydrogens (tertiary/aromatic N) is 3. The first-order chi connectivity index (χ1) is 11.1.